The highest BCUT2D eigenvalue weighted by atomic mass is 15.2. The highest BCUT2D eigenvalue weighted by Gasteiger charge is 2.39. The second-order valence-electron chi connectivity index (χ2n) is 17.6. The molecule has 2 aliphatic rings. The Bertz CT molecular complexity index is 2620. The minimum absolute atomic E-state index is 0.303. The van der Waals surface area contributed by atoms with Crippen LogP contribution in [0.3, 0.4) is 0 Å². The Morgan fingerprint density at radius 1 is 0.516 bits per heavy atom. The maximum Gasteiger partial charge on any atom is 0.158 e. The van der Waals surface area contributed by atoms with Gasteiger partial charge in [0, 0.05) is 138 Å². The number of hydrogen-bond donors (Lipinski definition) is 4. The van der Waals surface area contributed by atoms with E-state index in [0.29, 0.717) is 0 Å². The molecule has 0 saturated heterocycles. The van der Waals surface area contributed by atoms with Crippen LogP contribution in [0, 0.1) is 0 Å². The van der Waals surface area contributed by atoms with E-state index >= 15 is 0 Å². The van der Waals surface area contributed by atoms with E-state index in [1.807, 2.05) is 12.4 Å². The number of imidazole rings is 2. The zero-order valence-corrected chi connectivity index (χ0v) is 37.8. The molecule has 0 bridgehead atoms. The van der Waals surface area contributed by atoms with Gasteiger partial charge in [0.05, 0.1) is 18.2 Å². The first-order chi connectivity index (χ1) is 31.0. The lowest BCUT2D eigenvalue weighted by Gasteiger charge is -2.35. The van der Waals surface area contributed by atoms with Crippen molar-refractivity contribution < 1.29 is 0 Å². The monoisotopic (exact) mass is 848 g/mol. The van der Waals surface area contributed by atoms with Crippen molar-refractivity contribution in [1.82, 2.24) is 40.3 Å². The third-order valence-electron chi connectivity index (χ3n) is 12.7. The number of anilines is 4. The lowest BCUT2D eigenvalue weighted by molar-refractivity contribution is 0.620. The van der Waals surface area contributed by atoms with Crippen LogP contribution in [0.4, 0.5) is 22.7 Å². The number of nitrogens with zero attached hydrogens (tertiary/aromatic N) is 8. The van der Waals surface area contributed by atoms with Crippen LogP contribution < -0.4 is 19.6 Å². The van der Waals surface area contributed by atoms with Gasteiger partial charge in [-0.05, 0) is 70.8 Å². The van der Waals surface area contributed by atoms with Crippen molar-refractivity contribution >= 4 is 34.9 Å². The summed E-state index contributed by atoms with van der Waals surface area (Å²) in [7, 11) is 16.7. The number of allylic oxidation sites excluding steroid dienone is 2. The van der Waals surface area contributed by atoms with Crippen molar-refractivity contribution in [3.05, 3.63) is 179 Å². The summed E-state index contributed by atoms with van der Waals surface area (Å²) in [5.74, 6) is 0.781. The van der Waals surface area contributed by atoms with Gasteiger partial charge >= 0.3 is 0 Å². The molecule has 0 unspecified atom stereocenters. The first-order valence-corrected chi connectivity index (χ1v) is 21.6. The van der Waals surface area contributed by atoms with Gasteiger partial charge in [-0.2, -0.15) is 10.2 Å². The molecule has 324 valence electrons. The number of fused-ring (bicyclic) bond motifs is 2. The van der Waals surface area contributed by atoms with Gasteiger partial charge in [-0.1, -0.05) is 72.8 Å². The summed E-state index contributed by atoms with van der Waals surface area (Å²) in [6.45, 7) is 0. The molecule has 0 amide bonds. The molecule has 4 heterocycles. The normalized spacial score (nSPS) is 14.2. The largest absolute Gasteiger partial charge is 0.378 e. The highest BCUT2D eigenvalue weighted by Crippen LogP contribution is 2.46. The van der Waals surface area contributed by atoms with Gasteiger partial charge in [-0.25, -0.2) is 9.97 Å². The fourth-order valence-electron chi connectivity index (χ4n) is 9.07. The molecular formula is C52H56N12. The molecular weight excluding hydrogens is 793 g/mol. The molecule has 0 spiro atoms. The van der Waals surface area contributed by atoms with Crippen LogP contribution in [0.1, 0.15) is 44.8 Å². The number of benzene rings is 4. The lowest BCUT2D eigenvalue weighted by Crippen LogP contribution is -2.31. The summed E-state index contributed by atoms with van der Waals surface area (Å²) in [5, 5.41) is 15.8. The Hall–Kier alpha value is -7.60. The molecule has 4 aromatic carbocycles. The fraction of sp³-hybridized carbons (Fsp3) is 0.231. The van der Waals surface area contributed by atoms with Gasteiger partial charge in [0.1, 0.15) is 11.4 Å². The van der Waals surface area contributed by atoms with Crippen molar-refractivity contribution in [1.29, 1.82) is 0 Å². The molecule has 0 atom stereocenters. The third-order valence-corrected chi connectivity index (χ3v) is 12.7. The van der Waals surface area contributed by atoms with E-state index in [1.165, 1.54) is 45.0 Å². The van der Waals surface area contributed by atoms with E-state index in [0.717, 1.165) is 58.3 Å². The molecule has 12 nitrogen and oxygen atoms in total. The van der Waals surface area contributed by atoms with Gasteiger partial charge in [-0.3, -0.25) is 10.2 Å². The van der Waals surface area contributed by atoms with E-state index in [2.05, 4.69) is 238 Å². The molecule has 0 aliphatic heterocycles. The number of nitrogens with one attached hydrogen (secondary N) is 4. The molecule has 0 saturated carbocycles. The topological polar surface area (TPSA) is 128 Å². The van der Waals surface area contributed by atoms with Gasteiger partial charge in [-0.15, -0.1) is 0 Å². The minimum Gasteiger partial charge on any atom is -0.378 e. The van der Waals surface area contributed by atoms with Crippen molar-refractivity contribution in [2.45, 2.75) is 23.7 Å². The Balaban J connectivity index is 0.000000162. The summed E-state index contributed by atoms with van der Waals surface area (Å²) in [6, 6.07) is 35.3. The van der Waals surface area contributed by atoms with Crippen LogP contribution in [0.15, 0.2) is 134 Å². The van der Waals surface area contributed by atoms with Crippen LogP contribution in [-0.2, 0) is 23.7 Å². The Morgan fingerprint density at radius 2 is 0.938 bits per heavy atom. The smallest absolute Gasteiger partial charge is 0.158 e. The van der Waals surface area contributed by atoms with Crippen LogP contribution in [-0.4, -0.2) is 96.7 Å². The standard InChI is InChI=1S/2C26H28N6/c1-31(2)20-9-5-7-18(13-20)26(19-8-6-10-21(14-19)32(3)4)12-11-22-23(15-26)29-30-25(22)24-16-27-17-28-24;1-31(2)20-9-5-7-18(15-20)26(19-8-6-10-21(16-19)32(3)4)12-11-22-23(17-26)29-30-24(22)25-27-13-14-28-25/h5-14,16-17H,15H2,1-4H3,(H,27,28)(H,29,30);5-16H,17H2,1-4H3,(H,27,28)(H,29,30). The van der Waals surface area contributed by atoms with E-state index in [4.69, 9.17) is 0 Å². The van der Waals surface area contributed by atoms with Crippen molar-refractivity contribution in [2.24, 2.45) is 0 Å². The van der Waals surface area contributed by atoms with E-state index in [9.17, 15) is 0 Å². The van der Waals surface area contributed by atoms with Crippen LogP contribution in [0.2, 0.25) is 0 Å². The predicted molar refractivity (Wildman–Crippen MR) is 262 cm³/mol. The number of hydrogen-bond acceptors (Lipinski definition) is 8. The zero-order chi connectivity index (χ0) is 44.6. The van der Waals surface area contributed by atoms with Gasteiger partial charge in [0.25, 0.3) is 0 Å². The summed E-state index contributed by atoms with van der Waals surface area (Å²) >= 11 is 0. The van der Waals surface area contributed by atoms with Crippen molar-refractivity contribution in [3.8, 4) is 22.9 Å². The maximum atomic E-state index is 4.62. The summed E-state index contributed by atoms with van der Waals surface area (Å²) in [4.78, 5) is 23.5. The van der Waals surface area contributed by atoms with Crippen LogP contribution in [0.25, 0.3) is 35.1 Å². The van der Waals surface area contributed by atoms with E-state index < -0.39 is 0 Å². The average Bonchev–Trinajstić information content (AvgIpc) is 4.17. The van der Waals surface area contributed by atoms with E-state index in [1.54, 1.807) is 12.5 Å². The average molecular weight is 849 g/mol. The third kappa shape index (κ3) is 7.65. The van der Waals surface area contributed by atoms with Crippen LogP contribution in [0.5, 0.6) is 0 Å². The molecule has 0 fully saturated rings. The van der Waals surface area contributed by atoms with Crippen molar-refractivity contribution in [2.75, 3.05) is 76.0 Å². The van der Waals surface area contributed by atoms with Gasteiger partial charge < -0.3 is 29.6 Å². The Morgan fingerprint density at radius 3 is 1.31 bits per heavy atom. The first kappa shape index (κ1) is 41.7. The minimum atomic E-state index is -0.308. The highest BCUT2D eigenvalue weighted by molar-refractivity contribution is 5.76. The molecule has 4 N–H and O–H groups in total. The number of rotatable bonds is 10. The number of aromatic amines is 4. The fourth-order valence-corrected chi connectivity index (χ4v) is 9.07. The predicted octanol–water partition coefficient (Wildman–Crippen LogP) is 8.97. The SMILES string of the molecule is CN(C)c1cccc(C2(c3cccc(N(C)C)c3)C=Cc3c(-c4cnc[nH]4)n[nH]c3C2)c1.CN(C)c1cccc(C2(c3cccc(N(C)C)c3)C=Cc3c(-c4ncc[nH]4)n[nH]c3C2)c1. The lowest BCUT2D eigenvalue weighted by atomic mass is 9.68. The first-order valence-electron chi connectivity index (χ1n) is 21.6. The van der Waals surface area contributed by atoms with Gasteiger partial charge in [0.15, 0.2) is 5.82 Å². The van der Waals surface area contributed by atoms with Gasteiger partial charge in [0.2, 0.25) is 0 Å². The van der Waals surface area contributed by atoms with Crippen molar-refractivity contribution in [3.63, 3.8) is 0 Å². The molecule has 64 heavy (non-hydrogen) atoms. The molecule has 12 heteroatoms. The van der Waals surface area contributed by atoms with E-state index in [-0.39, 0.29) is 10.8 Å². The Kier molecular flexibility index (Phi) is 11.0. The number of H-pyrrole nitrogens is 4. The molecule has 2 aliphatic carbocycles. The molecule has 4 aromatic heterocycles. The molecule has 10 rings (SSSR count). The summed E-state index contributed by atoms with van der Waals surface area (Å²) in [5.41, 5.74) is 16.3. The molecule has 0 radical (unpaired) electrons. The summed E-state index contributed by atoms with van der Waals surface area (Å²) < 4.78 is 0. The Labute approximate surface area is 375 Å². The maximum absolute atomic E-state index is 4.62. The summed E-state index contributed by atoms with van der Waals surface area (Å²) in [6.07, 6.45) is 17.8. The zero-order valence-electron chi connectivity index (χ0n) is 37.8. The number of aromatic nitrogens is 8. The van der Waals surface area contributed by atoms with Crippen LogP contribution >= 0.6 is 0 Å². The second kappa shape index (κ2) is 16.9. The second-order valence-corrected chi connectivity index (χ2v) is 17.6. The quantitative estimate of drug-likeness (QED) is 0.108. The molecule has 8 aromatic rings.